The van der Waals surface area contributed by atoms with Crippen LogP contribution < -0.4 is 0 Å². The Bertz CT molecular complexity index is 438. The van der Waals surface area contributed by atoms with Crippen LogP contribution in [-0.2, 0) is 23.8 Å². The number of ether oxygens (including phenoxy) is 3. The molecule has 0 radical (unpaired) electrons. The Hall–Kier alpha value is -1.30. The number of aliphatic hydroxyl groups excluding tert-OH is 4. The maximum Gasteiger partial charge on any atom is 0.311 e. The Kier molecular flexibility index (Phi) is 5.89. The van der Waals surface area contributed by atoms with E-state index in [0.717, 1.165) is 0 Å². The van der Waals surface area contributed by atoms with Crippen LogP contribution in [0.5, 0.6) is 0 Å². The molecule has 0 aromatic heterocycles. The number of hydrogen-bond acceptors (Lipinski definition) is 9. The molecule has 0 spiro atoms. The maximum atomic E-state index is 11.6. The highest BCUT2D eigenvalue weighted by atomic mass is 16.7. The second-order valence-corrected chi connectivity index (χ2v) is 5.54. The second kappa shape index (κ2) is 7.51. The van der Waals surface area contributed by atoms with Gasteiger partial charge >= 0.3 is 11.9 Å². The standard InChI is InChI=1S/C13H20O10/c14-3-6-9(17)10(18)11(19)13(22-6)23-7-4-21-12(20)5(7)1-2-8(15)16/h5-7,9-11,13-14,17-19H,1-4H2,(H,15,16)/t5?,6-,7-,9-,10+,11-,13?/m1/s1. The molecule has 10 heteroatoms. The Balaban J connectivity index is 2.01. The zero-order valence-electron chi connectivity index (χ0n) is 12.1. The van der Waals surface area contributed by atoms with Crippen molar-refractivity contribution >= 4 is 11.9 Å². The third-order valence-electron chi connectivity index (χ3n) is 3.97. The van der Waals surface area contributed by atoms with Crippen LogP contribution in [0.1, 0.15) is 12.8 Å². The Morgan fingerprint density at radius 1 is 1.22 bits per heavy atom. The number of carboxylic acid groups (broad SMARTS) is 1. The molecule has 2 saturated heterocycles. The van der Waals surface area contributed by atoms with Crippen molar-refractivity contribution < 1.29 is 49.3 Å². The summed E-state index contributed by atoms with van der Waals surface area (Å²) in [5.74, 6) is -2.52. The van der Waals surface area contributed by atoms with Crippen LogP contribution in [0.15, 0.2) is 0 Å². The van der Waals surface area contributed by atoms with Crippen molar-refractivity contribution in [2.24, 2.45) is 5.92 Å². The van der Waals surface area contributed by atoms with Crippen molar-refractivity contribution in [3.63, 3.8) is 0 Å². The molecular formula is C13H20O10. The average molecular weight is 336 g/mol. The Morgan fingerprint density at radius 2 is 1.91 bits per heavy atom. The smallest absolute Gasteiger partial charge is 0.311 e. The lowest BCUT2D eigenvalue weighted by Gasteiger charge is -2.40. The fourth-order valence-electron chi connectivity index (χ4n) is 2.61. The predicted molar refractivity (Wildman–Crippen MR) is 70.0 cm³/mol. The fourth-order valence-corrected chi connectivity index (χ4v) is 2.61. The first kappa shape index (κ1) is 18.0. The van der Waals surface area contributed by atoms with Gasteiger partial charge < -0.3 is 39.7 Å². The molecule has 2 rings (SSSR count). The number of aliphatic carboxylic acids is 1. The highest BCUT2D eigenvalue weighted by Gasteiger charge is 2.47. The van der Waals surface area contributed by atoms with Gasteiger partial charge in [0, 0.05) is 6.42 Å². The van der Waals surface area contributed by atoms with E-state index in [1.165, 1.54) is 0 Å². The lowest BCUT2D eigenvalue weighted by atomic mass is 9.97. The van der Waals surface area contributed by atoms with Crippen molar-refractivity contribution in [1.82, 2.24) is 0 Å². The molecule has 0 bridgehead atoms. The van der Waals surface area contributed by atoms with E-state index in [1.807, 2.05) is 0 Å². The zero-order valence-corrected chi connectivity index (χ0v) is 12.1. The molecule has 0 aromatic rings. The van der Waals surface area contributed by atoms with Crippen molar-refractivity contribution in [2.45, 2.75) is 49.7 Å². The zero-order chi connectivity index (χ0) is 17.1. The molecule has 2 fully saturated rings. The first-order valence-electron chi connectivity index (χ1n) is 7.19. The first-order chi connectivity index (χ1) is 10.8. The number of cyclic esters (lactones) is 1. The third kappa shape index (κ3) is 3.97. The summed E-state index contributed by atoms with van der Waals surface area (Å²) in [6.45, 7) is -0.745. The molecule has 0 amide bonds. The van der Waals surface area contributed by atoms with Crippen LogP contribution in [0.25, 0.3) is 0 Å². The van der Waals surface area contributed by atoms with Gasteiger partial charge in [0.25, 0.3) is 0 Å². The van der Waals surface area contributed by atoms with Gasteiger partial charge in [-0.25, -0.2) is 0 Å². The van der Waals surface area contributed by atoms with Gasteiger partial charge in [0.1, 0.15) is 37.1 Å². The van der Waals surface area contributed by atoms with Crippen LogP contribution in [-0.4, -0.2) is 87.5 Å². The molecule has 2 unspecified atom stereocenters. The molecule has 23 heavy (non-hydrogen) atoms. The normalized spacial score (nSPS) is 40.9. The highest BCUT2D eigenvalue weighted by Crippen LogP contribution is 2.29. The summed E-state index contributed by atoms with van der Waals surface area (Å²) in [5.41, 5.74) is 0. The molecule has 0 saturated carbocycles. The quantitative estimate of drug-likeness (QED) is 0.320. The van der Waals surface area contributed by atoms with Crippen LogP contribution in [0, 0.1) is 5.92 Å². The molecule has 132 valence electrons. The molecule has 2 aliphatic heterocycles. The summed E-state index contributed by atoms with van der Waals surface area (Å²) < 4.78 is 15.5. The summed E-state index contributed by atoms with van der Waals surface area (Å²) in [5, 5.41) is 47.1. The van der Waals surface area contributed by atoms with E-state index >= 15 is 0 Å². The van der Waals surface area contributed by atoms with Crippen molar-refractivity contribution in [1.29, 1.82) is 0 Å². The van der Waals surface area contributed by atoms with Crippen molar-refractivity contribution in [2.75, 3.05) is 13.2 Å². The number of carbonyl (C=O) groups excluding carboxylic acids is 1. The van der Waals surface area contributed by atoms with Gasteiger partial charge in [0.2, 0.25) is 0 Å². The largest absolute Gasteiger partial charge is 0.481 e. The van der Waals surface area contributed by atoms with E-state index in [1.54, 1.807) is 0 Å². The first-order valence-corrected chi connectivity index (χ1v) is 7.19. The van der Waals surface area contributed by atoms with Gasteiger partial charge in [-0.05, 0) is 6.42 Å². The van der Waals surface area contributed by atoms with E-state index < -0.39 is 61.3 Å². The Labute approximate surface area is 131 Å². The fraction of sp³-hybridized carbons (Fsp3) is 0.846. The summed E-state index contributed by atoms with van der Waals surface area (Å²) in [4.78, 5) is 22.3. The van der Waals surface area contributed by atoms with Crippen LogP contribution in [0.4, 0.5) is 0 Å². The average Bonchev–Trinajstić information content (AvgIpc) is 2.85. The number of rotatable bonds is 6. The predicted octanol–water partition coefficient (Wildman–Crippen LogP) is -2.79. The van der Waals surface area contributed by atoms with Gasteiger partial charge in [-0.3, -0.25) is 9.59 Å². The second-order valence-electron chi connectivity index (χ2n) is 5.54. The van der Waals surface area contributed by atoms with Crippen LogP contribution in [0.2, 0.25) is 0 Å². The van der Waals surface area contributed by atoms with Crippen LogP contribution in [0.3, 0.4) is 0 Å². The van der Waals surface area contributed by atoms with E-state index in [2.05, 4.69) is 0 Å². The number of aliphatic hydroxyl groups is 4. The van der Waals surface area contributed by atoms with E-state index in [0.29, 0.717) is 0 Å². The Morgan fingerprint density at radius 3 is 2.52 bits per heavy atom. The van der Waals surface area contributed by atoms with Crippen molar-refractivity contribution in [3.8, 4) is 0 Å². The van der Waals surface area contributed by atoms with Crippen molar-refractivity contribution in [3.05, 3.63) is 0 Å². The number of hydrogen-bond donors (Lipinski definition) is 5. The summed E-state index contributed by atoms with van der Waals surface area (Å²) in [7, 11) is 0. The minimum Gasteiger partial charge on any atom is -0.481 e. The SMILES string of the molecule is O=C(O)CCC1C(=O)OC[C@H]1OC1O[C@H](CO)[C@@H](O)[C@H](O)[C@H]1O. The minimum absolute atomic E-state index is 0.00371. The molecule has 7 atom stereocenters. The molecule has 5 N–H and O–H groups in total. The van der Waals surface area contributed by atoms with Gasteiger partial charge in [0.05, 0.1) is 12.5 Å². The van der Waals surface area contributed by atoms with Gasteiger partial charge in [-0.1, -0.05) is 0 Å². The molecular weight excluding hydrogens is 316 g/mol. The van der Waals surface area contributed by atoms with E-state index in [4.69, 9.17) is 24.4 Å². The van der Waals surface area contributed by atoms with E-state index in [9.17, 15) is 24.9 Å². The number of carbonyl (C=O) groups is 2. The molecule has 10 nitrogen and oxygen atoms in total. The van der Waals surface area contributed by atoms with Gasteiger partial charge in [-0.2, -0.15) is 0 Å². The molecule has 0 aromatic carbocycles. The highest BCUT2D eigenvalue weighted by molar-refractivity contribution is 5.76. The molecule has 0 aliphatic carbocycles. The lowest BCUT2D eigenvalue weighted by molar-refractivity contribution is -0.313. The molecule has 2 heterocycles. The summed E-state index contributed by atoms with van der Waals surface area (Å²) in [6, 6.07) is 0. The monoisotopic (exact) mass is 336 g/mol. The van der Waals surface area contributed by atoms with E-state index in [-0.39, 0.29) is 19.4 Å². The van der Waals surface area contributed by atoms with Gasteiger partial charge in [0.15, 0.2) is 6.29 Å². The van der Waals surface area contributed by atoms with Gasteiger partial charge in [-0.15, -0.1) is 0 Å². The lowest BCUT2D eigenvalue weighted by Crippen LogP contribution is -2.60. The topological polar surface area (TPSA) is 163 Å². The molecule has 2 aliphatic rings. The summed E-state index contributed by atoms with van der Waals surface area (Å²) >= 11 is 0. The number of esters is 1. The summed E-state index contributed by atoms with van der Waals surface area (Å²) in [6.07, 6.45) is -8.34. The number of carboxylic acids is 1. The van der Waals surface area contributed by atoms with Crippen LogP contribution >= 0.6 is 0 Å². The third-order valence-corrected chi connectivity index (χ3v) is 3.97. The maximum absolute atomic E-state index is 11.6. The minimum atomic E-state index is -1.60.